The van der Waals surface area contributed by atoms with Crippen LogP contribution in [0.1, 0.15) is 24.4 Å². The van der Waals surface area contributed by atoms with Crippen molar-refractivity contribution in [2.24, 2.45) is 0 Å². The Bertz CT molecular complexity index is 1180. The molecule has 4 rings (SSSR count). The van der Waals surface area contributed by atoms with E-state index in [1.807, 2.05) is 6.20 Å². The Morgan fingerprint density at radius 2 is 2.04 bits per heavy atom. The monoisotopic (exact) mass is 375 g/mol. The number of nitrogens with zero attached hydrogens (tertiary/aromatic N) is 2. The lowest BCUT2D eigenvalue weighted by Crippen LogP contribution is -2.25. The van der Waals surface area contributed by atoms with Crippen LogP contribution in [0.4, 0.5) is 0 Å². The lowest BCUT2D eigenvalue weighted by molar-refractivity contribution is 0.522. The van der Waals surface area contributed by atoms with Gasteiger partial charge in [-0.1, -0.05) is 0 Å². The van der Waals surface area contributed by atoms with Gasteiger partial charge in [-0.25, -0.2) is 22.9 Å². The summed E-state index contributed by atoms with van der Waals surface area (Å²) < 4.78 is 29.6. The van der Waals surface area contributed by atoms with Gasteiger partial charge in [-0.2, -0.15) is 0 Å². The SMILES string of the molecule is O=c1[nH]c(=O)c2cc(S(=O)(=O)NCc3cn4c(n3)CCCC4)ccc2[nH]1. The summed E-state index contributed by atoms with van der Waals surface area (Å²) in [6, 6.07) is 3.98. The molecule has 0 amide bonds. The molecule has 136 valence electrons. The number of aryl methyl sites for hydroxylation is 2. The van der Waals surface area contributed by atoms with E-state index in [9.17, 15) is 18.0 Å². The summed E-state index contributed by atoms with van der Waals surface area (Å²) in [7, 11) is -3.82. The third kappa shape index (κ3) is 3.08. The van der Waals surface area contributed by atoms with Gasteiger partial charge in [-0.15, -0.1) is 0 Å². The Morgan fingerprint density at radius 3 is 2.85 bits per heavy atom. The average molecular weight is 375 g/mol. The van der Waals surface area contributed by atoms with E-state index in [0.29, 0.717) is 5.69 Å². The number of imidazole rings is 1. The predicted molar refractivity (Wildman–Crippen MR) is 94.4 cm³/mol. The number of nitrogens with one attached hydrogen (secondary N) is 3. The Balaban J connectivity index is 1.60. The van der Waals surface area contributed by atoms with Crippen molar-refractivity contribution in [1.82, 2.24) is 24.2 Å². The molecule has 0 saturated carbocycles. The largest absolute Gasteiger partial charge is 0.335 e. The lowest BCUT2D eigenvalue weighted by atomic mass is 10.2. The van der Waals surface area contributed by atoms with Crippen molar-refractivity contribution in [3.05, 3.63) is 56.8 Å². The van der Waals surface area contributed by atoms with E-state index >= 15 is 0 Å². The standard InChI is InChI=1S/C16H17N5O4S/c22-15-12-7-11(4-5-13(12)19-16(23)20-15)26(24,25)17-8-10-9-21-6-2-1-3-14(21)18-10/h4-5,7,9,17H,1-3,6,8H2,(H2,19,20,22,23). The number of aromatic nitrogens is 4. The topological polar surface area (TPSA) is 130 Å². The quantitative estimate of drug-likeness (QED) is 0.601. The van der Waals surface area contributed by atoms with Crippen molar-refractivity contribution >= 4 is 20.9 Å². The molecule has 0 radical (unpaired) electrons. The van der Waals surface area contributed by atoms with Gasteiger partial charge in [0.25, 0.3) is 5.56 Å². The molecule has 1 aromatic carbocycles. The molecule has 26 heavy (non-hydrogen) atoms. The van der Waals surface area contributed by atoms with Crippen LogP contribution in [0.5, 0.6) is 0 Å². The van der Waals surface area contributed by atoms with Crippen LogP contribution in [0.2, 0.25) is 0 Å². The first-order valence-corrected chi connectivity index (χ1v) is 9.72. The van der Waals surface area contributed by atoms with E-state index in [2.05, 4.69) is 24.2 Å². The minimum atomic E-state index is -3.82. The number of hydrogen-bond donors (Lipinski definition) is 3. The normalized spacial score (nSPS) is 14.5. The zero-order valence-corrected chi connectivity index (χ0v) is 14.6. The van der Waals surface area contributed by atoms with Crippen molar-refractivity contribution in [3.63, 3.8) is 0 Å². The van der Waals surface area contributed by atoms with Gasteiger partial charge >= 0.3 is 5.69 Å². The highest BCUT2D eigenvalue weighted by molar-refractivity contribution is 7.89. The number of H-pyrrole nitrogens is 2. The summed E-state index contributed by atoms with van der Waals surface area (Å²) in [5.74, 6) is 0.978. The molecule has 1 aliphatic heterocycles. The van der Waals surface area contributed by atoms with Gasteiger partial charge < -0.3 is 9.55 Å². The number of aromatic amines is 2. The van der Waals surface area contributed by atoms with Crippen LogP contribution in [0.25, 0.3) is 10.9 Å². The molecule has 0 atom stereocenters. The van der Waals surface area contributed by atoms with Crippen LogP contribution in [0.3, 0.4) is 0 Å². The number of sulfonamides is 1. The Hall–Kier alpha value is -2.72. The summed E-state index contributed by atoms with van der Waals surface area (Å²) in [6.07, 6.45) is 4.96. The van der Waals surface area contributed by atoms with Crippen molar-refractivity contribution in [1.29, 1.82) is 0 Å². The summed E-state index contributed by atoms with van der Waals surface area (Å²) in [6.45, 7) is 0.975. The summed E-state index contributed by atoms with van der Waals surface area (Å²) in [5.41, 5.74) is -0.338. The van der Waals surface area contributed by atoms with E-state index < -0.39 is 21.3 Å². The molecule has 3 aromatic rings. The van der Waals surface area contributed by atoms with Gasteiger partial charge in [0, 0.05) is 19.2 Å². The highest BCUT2D eigenvalue weighted by Gasteiger charge is 2.18. The molecular weight excluding hydrogens is 358 g/mol. The molecule has 0 fully saturated rings. The smallest absolute Gasteiger partial charge is 0.326 e. The molecule has 9 nitrogen and oxygen atoms in total. The van der Waals surface area contributed by atoms with E-state index in [1.54, 1.807) is 0 Å². The first-order valence-electron chi connectivity index (χ1n) is 8.23. The maximum atomic E-state index is 12.5. The minimum Gasteiger partial charge on any atom is -0.335 e. The van der Waals surface area contributed by atoms with Crippen molar-refractivity contribution in [3.8, 4) is 0 Å². The molecule has 0 unspecified atom stereocenters. The van der Waals surface area contributed by atoms with E-state index in [0.717, 1.165) is 31.6 Å². The maximum Gasteiger partial charge on any atom is 0.326 e. The summed E-state index contributed by atoms with van der Waals surface area (Å²) >= 11 is 0. The third-order valence-corrected chi connectivity index (χ3v) is 5.82. The second kappa shape index (κ2) is 6.22. The average Bonchev–Trinajstić information content (AvgIpc) is 3.03. The maximum absolute atomic E-state index is 12.5. The van der Waals surface area contributed by atoms with Crippen LogP contribution in [0, 0.1) is 0 Å². The molecule has 0 bridgehead atoms. The van der Waals surface area contributed by atoms with Gasteiger partial charge in [0.05, 0.1) is 28.0 Å². The molecule has 10 heteroatoms. The van der Waals surface area contributed by atoms with Gasteiger partial charge in [0.2, 0.25) is 10.0 Å². The first-order chi connectivity index (χ1) is 12.4. The van der Waals surface area contributed by atoms with Crippen LogP contribution in [0.15, 0.2) is 38.9 Å². The lowest BCUT2D eigenvalue weighted by Gasteiger charge is -2.11. The van der Waals surface area contributed by atoms with E-state index in [4.69, 9.17) is 0 Å². The van der Waals surface area contributed by atoms with E-state index in [-0.39, 0.29) is 22.3 Å². The molecule has 0 saturated heterocycles. The van der Waals surface area contributed by atoms with Crippen molar-refractivity contribution in [2.45, 2.75) is 37.2 Å². The Labute approximate surface area is 148 Å². The van der Waals surface area contributed by atoms with Gasteiger partial charge in [-0.05, 0) is 31.0 Å². The highest BCUT2D eigenvalue weighted by Crippen LogP contribution is 2.16. The predicted octanol–water partition coefficient (Wildman–Crippen LogP) is 0.228. The third-order valence-electron chi connectivity index (χ3n) is 4.42. The molecule has 3 N–H and O–H groups in total. The fourth-order valence-corrected chi connectivity index (χ4v) is 4.15. The Kier molecular flexibility index (Phi) is 4.00. The van der Waals surface area contributed by atoms with E-state index in [1.165, 1.54) is 18.2 Å². The number of benzene rings is 1. The summed E-state index contributed by atoms with van der Waals surface area (Å²) in [5, 5.41) is 0.102. The fourth-order valence-electron chi connectivity index (χ4n) is 3.12. The zero-order valence-electron chi connectivity index (χ0n) is 13.8. The highest BCUT2D eigenvalue weighted by atomic mass is 32.2. The van der Waals surface area contributed by atoms with Gasteiger partial charge in [-0.3, -0.25) is 9.78 Å². The van der Waals surface area contributed by atoms with Crippen LogP contribution < -0.4 is 16.0 Å². The van der Waals surface area contributed by atoms with Gasteiger partial charge in [0.15, 0.2) is 0 Å². The molecule has 0 aliphatic carbocycles. The van der Waals surface area contributed by atoms with Gasteiger partial charge in [0.1, 0.15) is 5.82 Å². The molecule has 1 aliphatic rings. The fraction of sp³-hybridized carbons (Fsp3) is 0.312. The van der Waals surface area contributed by atoms with Crippen LogP contribution >= 0.6 is 0 Å². The van der Waals surface area contributed by atoms with Crippen LogP contribution in [-0.4, -0.2) is 27.9 Å². The zero-order chi connectivity index (χ0) is 18.3. The molecule has 3 heterocycles. The minimum absolute atomic E-state index is 0.0495. The number of fused-ring (bicyclic) bond motifs is 2. The second-order valence-electron chi connectivity index (χ2n) is 6.24. The summed E-state index contributed by atoms with van der Waals surface area (Å²) in [4.78, 5) is 32.1. The molecule has 2 aromatic heterocycles. The number of hydrogen-bond acceptors (Lipinski definition) is 5. The van der Waals surface area contributed by atoms with Crippen LogP contribution in [-0.2, 0) is 29.5 Å². The first kappa shape index (κ1) is 16.7. The number of rotatable bonds is 4. The van der Waals surface area contributed by atoms with Crippen molar-refractivity contribution < 1.29 is 8.42 Å². The van der Waals surface area contributed by atoms with Crippen molar-refractivity contribution in [2.75, 3.05) is 0 Å². The Morgan fingerprint density at radius 1 is 1.19 bits per heavy atom. The molecule has 0 spiro atoms. The molecular formula is C16H17N5O4S. The second-order valence-corrected chi connectivity index (χ2v) is 8.01.